The van der Waals surface area contributed by atoms with Gasteiger partial charge < -0.3 is 24.4 Å². The van der Waals surface area contributed by atoms with Crippen molar-refractivity contribution in [3.05, 3.63) is 58.1 Å². The van der Waals surface area contributed by atoms with E-state index in [2.05, 4.69) is 4.90 Å². The Labute approximate surface area is 257 Å². The molecule has 0 spiro atoms. The number of anilines is 1. The number of carboxylic acid groups (broad SMARTS) is 1. The van der Waals surface area contributed by atoms with Crippen LogP contribution in [0.2, 0.25) is 0 Å². The quantitative estimate of drug-likeness (QED) is 0.281. The number of rotatable bonds is 10. The van der Waals surface area contributed by atoms with E-state index in [0.29, 0.717) is 83.1 Å². The zero-order chi connectivity index (χ0) is 31.5. The van der Waals surface area contributed by atoms with E-state index >= 15 is 0 Å². The van der Waals surface area contributed by atoms with Gasteiger partial charge in [0.25, 0.3) is 5.97 Å². The molecule has 0 saturated carbocycles. The smallest absolute Gasteiger partial charge is 0.311 e. The summed E-state index contributed by atoms with van der Waals surface area (Å²) in [5.74, 6) is -0.936. The Morgan fingerprint density at radius 1 is 1.05 bits per heavy atom. The number of nitrogens with zero attached hydrogens (tertiary/aromatic N) is 4. The molecule has 44 heavy (non-hydrogen) atoms. The van der Waals surface area contributed by atoms with E-state index in [1.165, 1.54) is 18.2 Å². The average molecular weight is 623 g/mol. The number of carbonyl (C=O) groups excluding carboxylic acids is 1. The predicted molar refractivity (Wildman–Crippen MR) is 163 cm³/mol. The van der Waals surface area contributed by atoms with Crippen LogP contribution in [0, 0.1) is 27.7 Å². The molecule has 0 bridgehead atoms. The Kier molecular flexibility index (Phi) is 14.3. The van der Waals surface area contributed by atoms with Crippen molar-refractivity contribution < 1.29 is 37.9 Å². The molecule has 0 unspecified atom stereocenters. The minimum absolute atomic E-state index is 0. The number of aliphatic carboxylic acids is 1. The van der Waals surface area contributed by atoms with Crippen LogP contribution in [-0.4, -0.2) is 90.2 Å². The summed E-state index contributed by atoms with van der Waals surface area (Å²) < 4.78 is 39.0. The molecule has 2 aromatic rings. The molecule has 2 saturated heterocycles. The molecule has 0 atom stereocenters. The van der Waals surface area contributed by atoms with Crippen LogP contribution in [0.3, 0.4) is 0 Å². The van der Waals surface area contributed by atoms with Gasteiger partial charge in [-0.25, -0.2) is 8.78 Å². The number of piperazine rings is 1. The minimum atomic E-state index is -0.833. The van der Waals surface area contributed by atoms with E-state index in [0.717, 1.165) is 13.0 Å². The molecule has 2 heterocycles. The van der Waals surface area contributed by atoms with Crippen molar-refractivity contribution in [2.45, 2.75) is 53.6 Å². The van der Waals surface area contributed by atoms with Crippen molar-refractivity contribution in [3.8, 4) is 11.5 Å². The lowest BCUT2D eigenvalue weighted by Crippen LogP contribution is -2.48. The highest BCUT2D eigenvalue weighted by Gasteiger charge is 2.26. The third-order valence-electron chi connectivity index (χ3n) is 7.06. The van der Waals surface area contributed by atoms with E-state index in [9.17, 15) is 23.7 Å². The van der Waals surface area contributed by atoms with Gasteiger partial charge in [-0.3, -0.25) is 24.6 Å². The molecule has 2 aromatic carbocycles. The SMILES string of the molecule is C.CC(=O)O.CC(C)COc1cc(OC2CCN(C(=O)CCN3CCN(c4ccc(F)cc4F)CC3)CC2)ccc1[N+](=O)[O-]. The van der Waals surface area contributed by atoms with Crippen LogP contribution in [-0.2, 0) is 9.59 Å². The van der Waals surface area contributed by atoms with Gasteiger partial charge in [0.15, 0.2) is 0 Å². The van der Waals surface area contributed by atoms with Crippen LogP contribution >= 0.6 is 0 Å². The molecule has 0 radical (unpaired) electrons. The predicted octanol–water partition coefficient (Wildman–Crippen LogP) is 5.22. The van der Waals surface area contributed by atoms with Crippen LogP contribution in [0.15, 0.2) is 36.4 Å². The summed E-state index contributed by atoms with van der Waals surface area (Å²) in [4.78, 5) is 38.7. The molecule has 2 fully saturated rings. The number of hydrogen-bond acceptors (Lipinski definition) is 8. The number of ether oxygens (including phenoxy) is 2. The first-order valence-corrected chi connectivity index (χ1v) is 14.4. The van der Waals surface area contributed by atoms with Gasteiger partial charge in [0.2, 0.25) is 11.7 Å². The van der Waals surface area contributed by atoms with Crippen LogP contribution in [0.25, 0.3) is 0 Å². The van der Waals surface area contributed by atoms with E-state index in [-0.39, 0.29) is 36.8 Å². The number of likely N-dealkylation sites (tertiary alicyclic amines) is 1. The number of carbonyl (C=O) groups is 2. The summed E-state index contributed by atoms with van der Waals surface area (Å²) in [6.07, 6.45) is 1.67. The third-order valence-corrected chi connectivity index (χ3v) is 7.06. The fourth-order valence-electron chi connectivity index (χ4n) is 4.87. The van der Waals surface area contributed by atoms with Crippen molar-refractivity contribution in [2.75, 3.05) is 57.3 Å². The topological polar surface area (TPSA) is 126 Å². The van der Waals surface area contributed by atoms with E-state index in [1.807, 2.05) is 23.6 Å². The van der Waals surface area contributed by atoms with E-state index < -0.39 is 22.5 Å². The number of nitro groups is 1. The standard InChI is InChI=1S/C28H36F2N4O5.C2H4O2.CH4/c1-20(2)19-38-27-18-23(4-6-26(27)34(36)37)39-22-7-11-33(12-8-22)28(35)9-10-31-13-15-32(16-14-31)25-5-3-21(29)17-24(25)30;1-2(3)4;/h3-6,17-18,20,22H,7-16,19H2,1-2H3;1H3,(H,3,4);1H4. The fraction of sp³-hybridized carbons (Fsp3) is 0.548. The Bertz CT molecular complexity index is 1240. The van der Waals surface area contributed by atoms with Gasteiger partial charge >= 0.3 is 5.69 Å². The third kappa shape index (κ3) is 11.3. The lowest BCUT2D eigenvalue weighted by Gasteiger charge is -2.37. The second-order valence-electron chi connectivity index (χ2n) is 11.0. The number of piperidine rings is 1. The van der Waals surface area contributed by atoms with E-state index in [1.54, 1.807) is 12.1 Å². The van der Waals surface area contributed by atoms with Gasteiger partial charge in [-0.15, -0.1) is 0 Å². The highest BCUT2D eigenvalue weighted by atomic mass is 19.1. The van der Waals surface area contributed by atoms with E-state index in [4.69, 9.17) is 19.4 Å². The van der Waals surface area contributed by atoms with Gasteiger partial charge in [-0.1, -0.05) is 21.3 Å². The molecule has 0 aliphatic carbocycles. The number of amides is 1. The Morgan fingerprint density at radius 3 is 2.25 bits per heavy atom. The molecule has 2 aliphatic rings. The minimum Gasteiger partial charge on any atom is -0.490 e. The van der Waals surface area contributed by atoms with Gasteiger partial charge in [-0.05, 0) is 24.1 Å². The lowest BCUT2D eigenvalue weighted by molar-refractivity contribution is -0.385. The van der Waals surface area contributed by atoms with Gasteiger partial charge in [-0.2, -0.15) is 0 Å². The summed E-state index contributed by atoms with van der Waals surface area (Å²) in [5, 5.41) is 18.8. The largest absolute Gasteiger partial charge is 0.490 e. The first kappa shape index (κ1) is 36.2. The summed E-state index contributed by atoms with van der Waals surface area (Å²) in [5.41, 5.74) is 0.317. The number of nitro benzene ring substituents is 1. The first-order valence-electron chi connectivity index (χ1n) is 14.4. The molecule has 2 aliphatic heterocycles. The molecule has 1 amide bonds. The first-order chi connectivity index (χ1) is 20.4. The maximum absolute atomic E-state index is 14.1. The molecule has 0 aromatic heterocycles. The molecule has 13 heteroatoms. The van der Waals surface area contributed by atoms with Gasteiger partial charge in [0.05, 0.1) is 17.2 Å². The monoisotopic (exact) mass is 622 g/mol. The maximum atomic E-state index is 14.1. The highest BCUT2D eigenvalue weighted by Crippen LogP contribution is 2.33. The van der Waals surface area contributed by atoms with Crippen LogP contribution in [0.4, 0.5) is 20.2 Å². The summed E-state index contributed by atoms with van der Waals surface area (Å²) >= 11 is 0. The highest BCUT2D eigenvalue weighted by molar-refractivity contribution is 5.76. The molecular formula is C31H44F2N4O7. The molecule has 244 valence electrons. The van der Waals surface area contributed by atoms with Crippen molar-refractivity contribution in [3.63, 3.8) is 0 Å². The summed E-state index contributed by atoms with van der Waals surface area (Å²) in [6.45, 7) is 9.86. The van der Waals surface area contributed by atoms with Crippen LogP contribution in [0.1, 0.15) is 47.5 Å². The van der Waals surface area contributed by atoms with Crippen molar-refractivity contribution in [1.29, 1.82) is 0 Å². The zero-order valence-corrected chi connectivity index (χ0v) is 24.8. The Morgan fingerprint density at radius 2 is 1.68 bits per heavy atom. The van der Waals surface area contributed by atoms with Crippen molar-refractivity contribution in [2.24, 2.45) is 5.92 Å². The average Bonchev–Trinajstić information content (AvgIpc) is 2.95. The van der Waals surface area contributed by atoms with Crippen LogP contribution < -0.4 is 14.4 Å². The van der Waals surface area contributed by atoms with Crippen molar-refractivity contribution in [1.82, 2.24) is 9.80 Å². The fourth-order valence-corrected chi connectivity index (χ4v) is 4.87. The Hall–Kier alpha value is -4.00. The second kappa shape index (κ2) is 17.3. The van der Waals surface area contributed by atoms with Gasteiger partial charge in [0, 0.05) is 90.2 Å². The number of hydrogen-bond donors (Lipinski definition) is 1. The zero-order valence-electron chi connectivity index (χ0n) is 24.8. The number of carboxylic acids is 1. The summed E-state index contributed by atoms with van der Waals surface area (Å²) in [7, 11) is 0. The molecule has 4 rings (SSSR count). The number of benzene rings is 2. The van der Waals surface area contributed by atoms with Gasteiger partial charge in [0.1, 0.15) is 23.5 Å². The normalized spacial score (nSPS) is 15.6. The molecule has 1 N–H and O–H groups in total. The maximum Gasteiger partial charge on any atom is 0.311 e. The van der Waals surface area contributed by atoms with Crippen molar-refractivity contribution >= 4 is 23.3 Å². The number of halogens is 2. The van der Waals surface area contributed by atoms with Crippen LogP contribution in [0.5, 0.6) is 11.5 Å². The molecular weight excluding hydrogens is 578 g/mol. The summed E-state index contributed by atoms with van der Waals surface area (Å²) in [6, 6.07) is 8.20. The molecule has 11 nitrogen and oxygen atoms in total. The Balaban J connectivity index is 0.00000127. The lowest BCUT2D eigenvalue weighted by atomic mass is 10.1. The second-order valence-corrected chi connectivity index (χ2v) is 11.0.